The summed E-state index contributed by atoms with van der Waals surface area (Å²) >= 11 is 3.11. The van der Waals surface area contributed by atoms with Crippen molar-refractivity contribution in [2.24, 2.45) is 18.9 Å². The fourth-order valence-corrected chi connectivity index (χ4v) is 4.64. The molecule has 0 saturated heterocycles. The summed E-state index contributed by atoms with van der Waals surface area (Å²) in [4.78, 5) is 0. The Labute approximate surface area is 122 Å². The summed E-state index contributed by atoms with van der Waals surface area (Å²) < 4.78 is 28.6. The average molecular weight is 351 g/mol. The van der Waals surface area contributed by atoms with Crippen LogP contribution in [0.15, 0.2) is 9.63 Å². The fraction of sp³-hybridized carbons (Fsp3) is 0.818. The molecule has 0 radical (unpaired) electrons. The predicted molar refractivity (Wildman–Crippen MR) is 75.0 cm³/mol. The third kappa shape index (κ3) is 3.55. The van der Waals surface area contributed by atoms with Crippen molar-refractivity contribution in [2.45, 2.75) is 37.6 Å². The summed E-state index contributed by atoms with van der Waals surface area (Å²) in [7, 11) is -1.99. The molecule has 1 heterocycles. The lowest BCUT2D eigenvalue weighted by molar-refractivity contribution is 0.290. The Morgan fingerprint density at radius 1 is 1.37 bits per heavy atom. The van der Waals surface area contributed by atoms with Gasteiger partial charge in [0.2, 0.25) is 5.03 Å². The third-order valence-electron chi connectivity index (χ3n) is 3.69. The molecule has 1 aliphatic rings. The van der Waals surface area contributed by atoms with Crippen molar-refractivity contribution in [3.05, 3.63) is 4.60 Å². The molecule has 0 spiro atoms. The van der Waals surface area contributed by atoms with E-state index in [1.165, 1.54) is 17.5 Å². The molecule has 1 aromatic heterocycles. The molecule has 0 atom stereocenters. The first-order valence-corrected chi connectivity index (χ1v) is 8.72. The molecule has 0 aliphatic heterocycles. The molecule has 1 aliphatic carbocycles. The molecule has 6 nitrogen and oxygen atoms in total. The van der Waals surface area contributed by atoms with E-state index in [0.717, 1.165) is 18.8 Å². The zero-order valence-corrected chi connectivity index (χ0v) is 13.5. The molecule has 1 aromatic rings. The van der Waals surface area contributed by atoms with Crippen LogP contribution in [0.3, 0.4) is 0 Å². The highest BCUT2D eigenvalue weighted by Gasteiger charge is 2.26. The molecule has 1 fully saturated rings. The summed E-state index contributed by atoms with van der Waals surface area (Å²) in [5.41, 5.74) is 0. The molecular formula is C11H19BrN4O2S. The van der Waals surface area contributed by atoms with Crippen LogP contribution in [-0.2, 0) is 17.1 Å². The highest BCUT2D eigenvalue weighted by Crippen LogP contribution is 2.28. The van der Waals surface area contributed by atoms with E-state index in [1.807, 2.05) is 0 Å². The second kappa shape index (κ2) is 5.88. The zero-order valence-electron chi connectivity index (χ0n) is 11.1. The van der Waals surface area contributed by atoms with Crippen LogP contribution in [0.5, 0.6) is 0 Å². The summed E-state index contributed by atoms with van der Waals surface area (Å²) in [6.07, 6.45) is 4.55. The summed E-state index contributed by atoms with van der Waals surface area (Å²) in [6, 6.07) is 0. The Morgan fingerprint density at radius 3 is 2.53 bits per heavy atom. The van der Waals surface area contributed by atoms with Crippen LogP contribution in [0.25, 0.3) is 0 Å². The molecule has 0 bridgehead atoms. The SMILES string of the molecule is CC1CCC(CNS(=O)(=O)c2c(Br)nnn2C)CC1. The van der Waals surface area contributed by atoms with Crippen LogP contribution in [0, 0.1) is 11.8 Å². The van der Waals surface area contributed by atoms with Crippen molar-refractivity contribution in [3.8, 4) is 0 Å². The van der Waals surface area contributed by atoms with Gasteiger partial charge in [0, 0.05) is 13.6 Å². The quantitative estimate of drug-likeness (QED) is 0.896. The van der Waals surface area contributed by atoms with Crippen molar-refractivity contribution in [2.75, 3.05) is 6.54 Å². The number of sulfonamides is 1. The number of nitrogens with zero attached hydrogens (tertiary/aromatic N) is 3. The minimum atomic E-state index is -3.55. The van der Waals surface area contributed by atoms with E-state index in [1.54, 1.807) is 7.05 Å². The molecule has 1 N–H and O–H groups in total. The summed E-state index contributed by atoms with van der Waals surface area (Å²) in [5.74, 6) is 1.20. The van der Waals surface area contributed by atoms with Gasteiger partial charge < -0.3 is 0 Å². The van der Waals surface area contributed by atoms with Gasteiger partial charge in [0.25, 0.3) is 10.0 Å². The molecule has 19 heavy (non-hydrogen) atoms. The van der Waals surface area contributed by atoms with E-state index in [4.69, 9.17) is 0 Å². The zero-order chi connectivity index (χ0) is 14.0. The van der Waals surface area contributed by atoms with Crippen LogP contribution >= 0.6 is 15.9 Å². The molecule has 0 amide bonds. The standard InChI is InChI=1S/C11H19BrN4O2S/c1-8-3-5-9(6-4-8)7-13-19(17,18)11-10(12)14-15-16(11)2/h8-9,13H,3-7H2,1-2H3. The maximum atomic E-state index is 12.2. The van der Waals surface area contributed by atoms with Crippen LogP contribution in [0.4, 0.5) is 0 Å². The first-order chi connectivity index (χ1) is 8.90. The van der Waals surface area contributed by atoms with Gasteiger partial charge in [-0.1, -0.05) is 25.0 Å². The van der Waals surface area contributed by atoms with Gasteiger partial charge in [0.1, 0.15) is 0 Å². The minimum Gasteiger partial charge on any atom is -0.235 e. The van der Waals surface area contributed by atoms with Gasteiger partial charge in [-0.25, -0.2) is 17.8 Å². The lowest BCUT2D eigenvalue weighted by Gasteiger charge is -2.26. The normalized spacial score (nSPS) is 24.6. The second-order valence-electron chi connectivity index (χ2n) is 5.29. The highest BCUT2D eigenvalue weighted by molar-refractivity contribution is 9.10. The van der Waals surface area contributed by atoms with Crippen molar-refractivity contribution >= 4 is 26.0 Å². The number of rotatable bonds is 4. The molecule has 0 unspecified atom stereocenters. The maximum Gasteiger partial charge on any atom is 0.260 e. The van der Waals surface area contributed by atoms with Gasteiger partial charge >= 0.3 is 0 Å². The monoisotopic (exact) mass is 350 g/mol. The first-order valence-electron chi connectivity index (χ1n) is 6.45. The smallest absolute Gasteiger partial charge is 0.235 e. The van der Waals surface area contributed by atoms with Gasteiger partial charge in [-0.2, -0.15) is 0 Å². The Kier molecular flexibility index (Phi) is 4.62. The summed E-state index contributed by atoms with van der Waals surface area (Å²) in [6.45, 7) is 2.74. The molecule has 108 valence electrons. The summed E-state index contributed by atoms with van der Waals surface area (Å²) in [5, 5.41) is 7.47. The first kappa shape index (κ1) is 14.9. The molecule has 1 saturated carbocycles. The predicted octanol–water partition coefficient (Wildman–Crippen LogP) is 1.68. The van der Waals surface area contributed by atoms with E-state index in [9.17, 15) is 8.42 Å². The van der Waals surface area contributed by atoms with Crippen LogP contribution in [0.1, 0.15) is 32.6 Å². The Morgan fingerprint density at radius 2 is 2.00 bits per heavy atom. The van der Waals surface area contributed by atoms with Crippen molar-refractivity contribution in [1.29, 1.82) is 0 Å². The number of nitrogens with one attached hydrogen (secondary N) is 1. The van der Waals surface area contributed by atoms with Crippen LogP contribution in [-0.4, -0.2) is 30.0 Å². The second-order valence-corrected chi connectivity index (χ2v) is 7.72. The largest absolute Gasteiger partial charge is 0.260 e. The van der Waals surface area contributed by atoms with Gasteiger partial charge in [-0.3, -0.25) is 0 Å². The maximum absolute atomic E-state index is 12.2. The Balaban J connectivity index is 1.99. The van der Waals surface area contributed by atoms with E-state index in [0.29, 0.717) is 12.5 Å². The third-order valence-corrected chi connectivity index (χ3v) is 6.00. The molecule has 8 heteroatoms. The van der Waals surface area contributed by atoms with E-state index < -0.39 is 10.0 Å². The van der Waals surface area contributed by atoms with Gasteiger partial charge in [-0.15, -0.1) is 5.10 Å². The Hall–Kier alpha value is -0.470. The van der Waals surface area contributed by atoms with E-state index in [2.05, 4.69) is 37.9 Å². The number of halogens is 1. The van der Waals surface area contributed by atoms with Gasteiger partial charge in [0.05, 0.1) is 0 Å². The van der Waals surface area contributed by atoms with Crippen LogP contribution < -0.4 is 4.72 Å². The number of aromatic nitrogens is 3. The van der Waals surface area contributed by atoms with E-state index >= 15 is 0 Å². The van der Waals surface area contributed by atoms with E-state index in [-0.39, 0.29) is 9.63 Å². The van der Waals surface area contributed by atoms with Gasteiger partial charge in [0.15, 0.2) is 4.60 Å². The molecular weight excluding hydrogens is 332 g/mol. The number of hydrogen-bond donors (Lipinski definition) is 1. The van der Waals surface area contributed by atoms with Crippen molar-refractivity contribution in [1.82, 2.24) is 19.7 Å². The van der Waals surface area contributed by atoms with Crippen molar-refractivity contribution in [3.63, 3.8) is 0 Å². The van der Waals surface area contributed by atoms with Crippen molar-refractivity contribution < 1.29 is 8.42 Å². The minimum absolute atomic E-state index is 0.0803. The Bertz CT molecular complexity index is 515. The molecule has 2 rings (SSSR count). The average Bonchev–Trinajstić information content (AvgIpc) is 2.69. The molecule has 0 aromatic carbocycles. The fourth-order valence-electron chi connectivity index (χ4n) is 2.44. The highest BCUT2D eigenvalue weighted by atomic mass is 79.9. The van der Waals surface area contributed by atoms with Crippen LogP contribution in [0.2, 0.25) is 0 Å². The lowest BCUT2D eigenvalue weighted by atomic mass is 9.83. The topological polar surface area (TPSA) is 76.9 Å². The number of hydrogen-bond acceptors (Lipinski definition) is 4. The lowest BCUT2D eigenvalue weighted by Crippen LogP contribution is -2.32. The number of aryl methyl sites for hydroxylation is 1. The van der Waals surface area contributed by atoms with Gasteiger partial charge in [-0.05, 0) is 40.6 Å².